The minimum atomic E-state index is -4.11. The summed E-state index contributed by atoms with van der Waals surface area (Å²) in [5.41, 5.74) is 0.726. The summed E-state index contributed by atoms with van der Waals surface area (Å²) in [4.78, 5) is 0.0607. The molecule has 27 heavy (non-hydrogen) atoms. The average Bonchev–Trinajstić information content (AvgIpc) is 2.64. The Kier molecular flexibility index (Phi) is 13.5. The van der Waals surface area contributed by atoms with Gasteiger partial charge in [-0.25, -0.2) is 0 Å². The summed E-state index contributed by atoms with van der Waals surface area (Å²) in [6, 6.07) is 6.75. The highest BCUT2D eigenvalue weighted by atomic mass is 32.2. The number of hydrogen-bond donors (Lipinski definition) is 2. The molecule has 0 radical (unpaired) electrons. The number of unbranched alkanes of at least 4 members (excludes halogenated alkanes) is 10. The molecule has 156 valence electrons. The number of hydrogen-bond acceptors (Lipinski definition) is 3. The standard InChI is InChI=1S/C22H39NO3S/c1-2-3-19-23-20-15-11-9-7-5-4-6-8-10-12-16-21-17-13-14-18-22(21)27(24,25)26/h13-14,17-18,23H,2-12,15-16,19-20H2,1H3,(H,24,25,26). The van der Waals surface area contributed by atoms with Crippen molar-refractivity contribution in [2.24, 2.45) is 0 Å². The number of rotatable bonds is 17. The van der Waals surface area contributed by atoms with Crippen LogP contribution in [-0.4, -0.2) is 26.1 Å². The van der Waals surface area contributed by atoms with E-state index in [0.29, 0.717) is 6.42 Å². The third kappa shape index (κ3) is 12.2. The van der Waals surface area contributed by atoms with Gasteiger partial charge in [0, 0.05) is 0 Å². The Balaban J connectivity index is 1.94. The molecule has 0 atom stereocenters. The summed E-state index contributed by atoms with van der Waals surface area (Å²) >= 11 is 0. The fourth-order valence-electron chi connectivity index (χ4n) is 3.37. The first-order valence-electron chi connectivity index (χ1n) is 10.8. The summed E-state index contributed by atoms with van der Waals surface area (Å²) in [6.07, 6.45) is 15.8. The van der Waals surface area contributed by atoms with Gasteiger partial charge in [-0.1, -0.05) is 82.9 Å². The fraction of sp³-hybridized carbons (Fsp3) is 0.727. The molecule has 0 unspecified atom stereocenters. The summed E-state index contributed by atoms with van der Waals surface area (Å²) in [6.45, 7) is 4.56. The molecule has 0 aliphatic carbocycles. The van der Waals surface area contributed by atoms with Crippen LogP contribution in [-0.2, 0) is 16.5 Å². The molecule has 0 aliphatic rings. The molecular weight excluding hydrogens is 358 g/mol. The largest absolute Gasteiger partial charge is 0.317 e. The highest BCUT2D eigenvalue weighted by Gasteiger charge is 2.13. The Hall–Kier alpha value is -0.910. The van der Waals surface area contributed by atoms with Gasteiger partial charge in [0.15, 0.2) is 0 Å². The van der Waals surface area contributed by atoms with Gasteiger partial charge in [0.25, 0.3) is 10.1 Å². The van der Waals surface area contributed by atoms with Crippen LogP contribution in [0.5, 0.6) is 0 Å². The first kappa shape index (κ1) is 24.1. The van der Waals surface area contributed by atoms with Crippen molar-refractivity contribution in [2.75, 3.05) is 13.1 Å². The zero-order valence-electron chi connectivity index (χ0n) is 17.1. The third-order valence-electron chi connectivity index (χ3n) is 5.01. The molecule has 0 fully saturated rings. The van der Waals surface area contributed by atoms with E-state index in [9.17, 15) is 13.0 Å². The lowest BCUT2D eigenvalue weighted by Gasteiger charge is -2.07. The highest BCUT2D eigenvalue weighted by Crippen LogP contribution is 2.18. The molecule has 0 bridgehead atoms. The first-order valence-corrected chi connectivity index (χ1v) is 12.3. The van der Waals surface area contributed by atoms with E-state index in [4.69, 9.17) is 0 Å². The highest BCUT2D eigenvalue weighted by molar-refractivity contribution is 7.85. The minimum absolute atomic E-state index is 0.0607. The van der Waals surface area contributed by atoms with Crippen molar-refractivity contribution in [2.45, 2.75) is 95.3 Å². The van der Waals surface area contributed by atoms with Gasteiger partial charge >= 0.3 is 0 Å². The van der Waals surface area contributed by atoms with Crippen molar-refractivity contribution in [3.05, 3.63) is 29.8 Å². The molecule has 1 aromatic rings. The van der Waals surface area contributed by atoms with Gasteiger partial charge in [-0.05, 0) is 50.4 Å². The Bertz CT molecular complexity index is 587. The van der Waals surface area contributed by atoms with E-state index in [1.165, 1.54) is 76.8 Å². The average molecular weight is 398 g/mol. The monoisotopic (exact) mass is 397 g/mol. The van der Waals surface area contributed by atoms with E-state index in [2.05, 4.69) is 12.2 Å². The molecule has 0 aliphatic heterocycles. The van der Waals surface area contributed by atoms with E-state index in [1.54, 1.807) is 12.1 Å². The lowest BCUT2D eigenvalue weighted by molar-refractivity contribution is 0.481. The number of nitrogens with one attached hydrogen (secondary N) is 1. The molecule has 0 aromatic heterocycles. The second-order valence-electron chi connectivity index (χ2n) is 7.47. The van der Waals surface area contributed by atoms with Crippen LogP contribution in [0.3, 0.4) is 0 Å². The van der Waals surface area contributed by atoms with E-state index < -0.39 is 10.1 Å². The van der Waals surface area contributed by atoms with Gasteiger partial charge in [-0.15, -0.1) is 0 Å². The molecule has 0 heterocycles. The summed E-state index contributed by atoms with van der Waals surface area (Å²) in [5, 5.41) is 3.49. The van der Waals surface area contributed by atoms with E-state index in [1.807, 2.05) is 6.07 Å². The van der Waals surface area contributed by atoms with Gasteiger partial charge in [0.05, 0.1) is 4.90 Å². The first-order chi connectivity index (χ1) is 13.1. The molecule has 0 spiro atoms. The van der Waals surface area contributed by atoms with E-state index in [-0.39, 0.29) is 4.90 Å². The summed E-state index contributed by atoms with van der Waals surface area (Å²) in [7, 11) is -4.11. The number of benzene rings is 1. The van der Waals surface area contributed by atoms with Crippen LogP contribution < -0.4 is 5.32 Å². The van der Waals surface area contributed by atoms with Crippen LogP contribution >= 0.6 is 0 Å². The van der Waals surface area contributed by atoms with Crippen LogP contribution in [0.4, 0.5) is 0 Å². The molecular formula is C22H39NO3S. The van der Waals surface area contributed by atoms with Gasteiger partial charge in [-0.3, -0.25) is 4.55 Å². The van der Waals surface area contributed by atoms with Gasteiger partial charge in [0.1, 0.15) is 0 Å². The second kappa shape index (κ2) is 15.1. The van der Waals surface area contributed by atoms with Crippen LogP contribution in [0, 0.1) is 0 Å². The van der Waals surface area contributed by atoms with Crippen molar-refractivity contribution >= 4 is 10.1 Å². The maximum Gasteiger partial charge on any atom is 0.294 e. The smallest absolute Gasteiger partial charge is 0.294 e. The van der Waals surface area contributed by atoms with Gasteiger partial charge in [-0.2, -0.15) is 8.42 Å². The van der Waals surface area contributed by atoms with Crippen molar-refractivity contribution in [3.63, 3.8) is 0 Å². The zero-order valence-corrected chi connectivity index (χ0v) is 17.9. The summed E-state index contributed by atoms with van der Waals surface area (Å²) < 4.78 is 32.0. The maximum absolute atomic E-state index is 11.4. The van der Waals surface area contributed by atoms with E-state index in [0.717, 1.165) is 24.9 Å². The molecule has 4 nitrogen and oxygen atoms in total. The van der Waals surface area contributed by atoms with Crippen molar-refractivity contribution in [3.8, 4) is 0 Å². The second-order valence-corrected chi connectivity index (χ2v) is 8.86. The Morgan fingerprint density at radius 3 is 1.89 bits per heavy atom. The molecule has 0 saturated heterocycles. The molecule has 0 amide bonds. The lowest BCUT2D eigenvalue weighted by Crippen LogP contribution is -2.16. The topological polar surface area (TPSA) is 66.4 Å². The van der Waals surface area contributed by atoms with Crippen LogP contribution in [0.15, 0.2) is 29.2 Å². The van der Waals surface area contributed by atoms with Crippen LogP contribution in [0.1, 0.15) is 89.5 Å². The number of aryl methyl sites for hydroxylation is 1. The predicted octanol–water partition coefficient (Wildman–Crippen LogP) is 5.77. The van der Waals surface area contributed by atoms with Gasteiger partial charge in [0.2, 0.25) is 0 Å². The van der Waals surface area contributed by atoms with Crippen molar-refractivity contribution in [1.82, 2.24) is 5.32 Å². The SMILES string of the molecule is CCCCNCCCCCCCCCCCCc1ccccc1S(=O)(=O)O. The fourth-order valence-corrected chi connectivity index (χ4v) is 4.12. The predicted molar refractivity (Wildman–Crippen MR) is 114 cm³/mol. The normalized spacial score (nSPS) is 11.8. The molecule has 5 heteroatoms. The quantitative estimate of drug-likeness (QED) is 0.259. The zero-order chi connectivity index (χ0) is 19.8. The van der Waals surface area contributed by atoms with Crippen LogP contribution in [0.25, 0.3) is 0 Å². The summed E-state index contributed by atoms with van der Waals surface area (Å²) in [5.74, 6) is 0. The van der Waals surface area contributed by atoms with Crippen molar-refractivity contribution in [1.29, 1.82) is 0 Å². The van der Waals surface area contributed by atoms with E-state index >= 15 is 0 Å². The molecule has 1 aromatic carbocycles. The third-order valence-corrected chi connectivity index (χ3v) is 5.96. The maximum atomic E-state index is 11.4. The van der Waals surface area contributed by atoms with Crippen LogP contribution in [0.2, 0.25) is 0 Å². The van der Waals surface area contributed by atoms with Crippen molar-refractivity contribution < 1.29 is 13.0 Å². The Morgan fingerprint density at radius 1 is 0.778 bits per heavy atom. The van der Waals surface area contributed by atoms with Gasteiger partial charge < -0.3 is 5.32 Å². The molecule has 2 N–H and O–H groups in total. The molecule has 1 rings (SSSR count). The Labute approximate surface area is 166 Å². The minimum Gasteiger partial charge on any atom is -0.317 e. The Morgan fingerprint density at radius 2 is 1.30 bits per heavy atom. The lowest BCUT2D eigenvalue weighted by atomic mass is 10.0. The molecule has 0 saturated carbocycles.